The molecule has 1 aromatic rings. The molecule has 2 fully saturated rings. The van der Waals surface area contributed by atoms with Gasteiger partial charge >= 0.3 is 0 Å². The zero-order valence-electron chi connectivity index (χ0n) is 14.5. The second kappa shape index (κ2) is 5.59. The SMILES string of the molecule is CC(c1cc2c(c(C3CC3)n1)CN(C(C)C)C2=O)N1CCCC1. The first-order valence-corrected chi connectivity index (χ1v) is 9.15. The second-order valence-electron chi connectivity index (χ2n) is 7.68. The van der Waals surface area contributed by atoms with Crippen LogP contribution in [0, 0.1) is 0 Å². The predicted octanol–water partition coefficient (Wildman–Crippen LogP) is 3.48. The molecule has 1 unspecified atom stereocenters. The van der Waals surface area contributed by atoms with E-state index in [0.29, 0.717) is 12.0 Å². The smallest absolute Gasteiger partial charge is 0.254 e. The summed E-state index contributed by atoms with van der Waals surface area (Å²) >= 11 is 0. The first-order valence-electron chi connectivity index (χ1n) is 9.15. The summed E-state index contributed by atoms with van der Waals surface area (Å²) in [6.07, 6.45) is 5.03. The lowest BCUT2D eigenvalue weighted by Crippen LogP contribution is -2.30. The maximum Gasteiger partial charge on any atom is 0.254 e. The summed E-state index contributed by atoms with van der Waals surface area (Å²) in [7, 11) is 0. The molecule has 124 valence electrons. The van der Waals surface area contributed by atoms with E-state index in [0.717, 1.165) is 30.9 Å². The zero-order chi connectivity index (χ0) is 16.1. The van der Waals surface area contributed by atoms with Gasteiger partial charge in [-0.15, -0.1) is 0 Å². The first kappa shape index (κ1) is 15.1. The summed E-state index contributed by atoms with van der Waals surface area (Å²) in [5.74, 6) is 0.795. The number of amides is 1. The number of carbonyl (C=O) groups excluding carboxylic acids is 1. The lowest BCUT2D eigenvalue weighted by Gasteiger charge is -2.24. The quantitative estimate of drug-likeness (QED) is 0.854. The molecule has 3 heterocycles. The molecule has 0 aromatic carbocycles. The molecule has 4 rings (SSSR count). The number of carbonyl (C=O) groups is 1. The Hall–Kier alpha value is -1.42. The van der Waals surface area contributed by atoms with Crippen LogP contribution in [-0.2, 0) is 6.54 Å². The van der Waals surface area contributed by atoms with Crippen molar-refractivity contribution in [2.75, 3.05) is 13.1 Å². The van der Waals surface area contributed by atoms with Gasteiger partial charge in [0, 0.05) is 41.4 Å². The minimum atomic E-state index is 0.203. The molecule has 3 aliphatic rings. The van der Waals surface area contributed by atoms with Gasteiger partial charge in [-0.25, -0.2) is 0 Å². The van der Waals surface area contributed by atoms with Crippen LogP contribution in [0.15, 0.2) is 6.07 Å². The second-order valence-corrected chi connectivity index (χ2v) is 7.68. The van der Waals surface area contributed by atoms with Crippen LogP contribution in [0.3, 0.4) is 0 Å². The molecule has 0 N–H and O–H groups in total. The zero-order valence-corrected chi connectivity index (χ0v) is 14.5. The Morgan fingerprint density at radius 3 is 2.48 bits per heavy atom. The molecule has 23 heavy (non-hydrogen) atoms. The molecule has 0 bridgehead atoms. The molecule has 1 amide bonds. The minimum Gasteiger partial charge on any atom is -0.332 e. The van der Waals surface area contributed by atoms with Gasteiger partial charge in [-0.1, -0.05) is 0 Å². The van der Waals surface area contributed by atoms with E-state index in [2.05, 4.69) is 31.7 Å². The maximum atomic E-state index is 12.8. The molecule has 0 radical (unpaired) electrons. The van der Waals surface area contributed by atoms with Crippen LogP contribution in [0.5, 0.6) is 0 Å². The molecular weight excluding hydrogens is 286 g/mol. The van der Waals surface area contributed by atoms with Gasteiger partial charge in [-0.05, 0) is 65.6 Å². The molecule has 0 spiro atoms. The number of hydrogen-bond acceptors (Lipinski definition) is 3. The highest BCUT2D eigenvalue weighted by Crippen LogP contribution is 2.44. The fraction of sp³-hybridized carbons (Fsp3) is 0.684. The number of fused-ring (bicyclic) bond motifs is 1. The Morgan fingerprint density at radius 1 is 1.17 bits per heavy atom. The highest BCUT2D eigenvalue weighted by molar-refractivity contribution is 5.99. The van der Waals surface area contributed by atoms with Crippen molar-refractivity contribution in [2.24, 2.45) is 0 Å². The van der Waals surface area contributed by atoms with Gasteiger partial charge in [0.1, 0.15) is 0 Å². The third kappa shape index (κ3) is 2.57. The van der Waals surface area contributed by atoms with Gasteiger partial charge in [-0.2, -0.15) is 0 Å². The van der Waals surface area contributed by atoms with Crippen LogP contribution in [0.2, 0.25) is 0 Å². The first-order chi connectivity index (χ1) is 11.1. The van der Waals surface area contributed by atoms with Gasteiger partial charge in [0.05, 0.1) is 5.69 Å². The van der Waals surface area contributed by atoms with Crippen LogP contribution < -0.4 is 0 Å². The van der Waals surface area contributed by atoms with Gasteiger partial charge < -0.3 is 4.90 Å². The molecule has 1 saturated carbocycles. The van der Waals surface area contributed by atoms with E-state index in [9.17, 15) is 4.79 Å². The fourth-order valence-electron chi connectivity index (χ4n) is 4.01. The minimum absolute atomic E-state index is 0.203. The average Bonchev–Trinajstić information content (AvgIpc) is 3.12. The van der Waals surface area contributed by atoms with E-state index < -0.39 is 0 Å². The lowest BCUT2D eigenvalue weighted by molar-refractivity contribution is 0.0730. The van der Waals surface area contributed by atoms with E-state index in [1.807, 2.05) is 4.90 Å². The van der Waals surface area contributed by atoms with Gasteiger partial charge in [0.15, 0.2) is 0 Å². The molecule has 2 aliphatic heterocycles. The van der Waals surface area contributed by atoms with E-state index >= 15 is 0 Å². The summed E-state index contributed by atoms with van der Waals surface area (Å²) < 4.78 is 0. The standard InChI is InChI=1S/C19H27N3O/c1-12(2)22-11-16-15(19(22)23)10-17(20-18(16)14-6-7-14)13(3)21-8-4-5-9-21/h10,12-14H,4-9,11H2,1-3H3. The van der Waals surface area contributed by atoms with Crippen molar-refractivity contribution in [1.29, 1.82) is 0 Å². The Labute approximate surface area is 138 Å². The van der Waals surface area contributed by atoms with Gasteiger partial charge in [0.25, 0.3) is 5.91 Å². The maximum absolute atomic E-state index is 12.8. The Bertz CT molecular complexity index is 630. The Kier molecular flexibility index (Phi) is 3.67. The van der Waals surface area contributed by atoms with Crippen molar-refractivity contribution in [3.8, 4) is 0 Å². The summed E-state index contributed by atoms with van der Waals surface area (Å²) in [5, 5.41) is 0. The number of pyridine rings is 1. The predicted molar refractivity (Wildman–Crippen MR) is 90.4 cm³/mol. The van der Waals surface area contributed by atoms with Crippen LogP contribution >= 0.6 is 0 Å². The summed E-state index contributed by atoms with van der Waals surface area (Å²) in [6, 6.07) is 2.66. The molecule has 1 aromatic heterocycles. The highest BCUT2D eigenvalue weighted by atomic mass is 16.2. The normalized spacial score (nSPS) is 23.0. The van der Waals surface area contributed by atoms with Crippen molar-refractivity contribution < 1.29 is 4.79 Å². The molecule has 4 nitrogen and oxygen atoms in total. The molecule has 1 saturated heterocycles. The van der Waals surface area contributed by atoms with E-state index in [4.69, 9.17) is 4.98 Å². The number of hydrogen-bond donors (Lipinski definition) is 0. The van der Waals surface area contributed by atoms with Crippen LogP contribution in [0.1, 0.15) is 85.7 Å². The van der Waals surface area contributed by atoms with Crippen molar-refractivity contribution >= 4 is 5.91 Å². The topological polar surface area (TPSA) is 36.4 Å². The van der Waals surface area contributed by atoms with Crippen molar-refractivity contribution in [2.45, 2.75) is 71.0 Å². The lowest BCUT2D eigenvalue weighted by atomic mass is 10.0. The molecule has 4 heteroatoms. The summed E-state index contributed by atoms with van der Waals surface area (Å²) in [6.45, 7) is 9.51. The molecule has 1 aliphatic carbocycles. The average molecular weight is 313 g/mol. The number of likely N-dealkylation sites (tertiary alicyclic amines) is 1. The van der Waals surface area contributed by atoms with Gasteiger partial charge in [0.2, 0.25) is 0 Å². The monoisotopic (exact) mass is 313 g/mol. The highest BCUT2D eigenvalue weighted by Gasteiger charge is 2.38. The molecular formula is C19H27N3O. The van der Waals surface area contributed by atoms with Crippen LogP contribution in [-0.4, -0.2) is 39.8 Å². The Balaban J connectivity index is 1.73. The number of nitrogens with zero attached hydrogens (tertiary/aromatic N) is 3. The summed E-state index contributed by atoms with van der Waals surface area (Å²) in [5.41, 5.74) is 4.46. The third-order valence-electron chi connectivity index (χ3n) is 5.70. The number of aromatic nitrogens is 1. The van der Waals surface area contributed by atoms with Crippen LogP contribution in [0.4, 0.5) is 0 Å². The largest absolute Gasteiger partial charge is 0.332 e. The van der Waals surface area contributed by atoms with Gasteiger partial charge in [-0.3, -0.25) is 14.7 Å². The fourth-order valence-corrected chi connectivity index (χ4v) is 4.01. The molecule has 1 atom stereocenters. The summed E-state index contributed by atoms with van der Waals surface area (Å²) in [4.78, 5) is 22.4. The van der Waals surface area contributed by atoms with E-state index in [1.165, 1.54) is 36.9 Å². The number of rotatable bonds is 4. The van der Waals surface area contributed by atoms with Crippen LogP contribution in [0.25, 0.3) is 0 Å². The van der Waals surface area contributed by atoms with Crippen molar-refractivity contribution in [3.05, 3.63) is 28.6 Å². The Morgan fingerprint density at radius 2 is 1.87 bits per heavy atom. The van der Waals surface area contributed by atoms with Crippen molar-refractivity contribution in [3.63, 3.8) is 0 Å². The third-order valence-corrected chi connectivity index (χ3v) is 5.70. The van der Waals surface area contributed by atoms with E-state index in [1.54, 1.807) is 0 Å². The van der Waals surface area contributed by atoms with E-state index in [-0.39, 0.29) is 11.9 Å². The van der Waals surface area contributed by atoms with Crippen molar-refractivity contribution in [1.82, 2.24) is 14.8 Å².